The molecule has 122 valence electrons. The van der Waals surface area contributed by atoms with Gasteiger partial charge in [-0.05, 0) is 17.8 Å². The Morgan fingerprint density at radius 2 is 1.83 bits per heavy atom. The van der Waals surface area contributed by atoms with Crippen LogP contribution in [0.5, 0.6) is 0 Å². The van der Waals surface area contributed by atoms with Crippen molar-refractivity contribution in [3.63, 3.8) is 0 Å². The molecule has 1 aromatic carbocycles. The number of thiocarbonyl (C=S) groups is 1. The van der Waals surface area contributed by atoms with E-state index in [0.29, 0.717) is 11.0 Å². The smallest absolute Gasteiger partial charge is 0.186 e. The van der Waals surface area contributed by atoms with Crippen LogP contribution >= 0.6 is 12.2 Å². The molecule has 4 heterocycles. The van der Waals surface area contributed by atoms with Crippen LogP contribution in [-0.2, 0) is 5.41 Å². The minimum Gasteiger partial charge on any atom is -0.364 e. The van der Waals surface area contributed by atoms with Crippen LogP contribution in [0, 0.1) is 5.92 Å². The average molecular weight is 331 g/mol. The molecule has 0 radical (unpaired) electrons. The molecule has 1 aromatic rings. The zero-order valence-electron chi connectivity index (χ0n) is 13.6. The van der Waals surface area contributed by atoms with E-state index in [0.717, 1.165) is 13.1 Å². The van der Waals surface area contributed by atoms with Crippen LogP contribution in [0.1, 0.15) is 5.56 Å². The second-order valence-corrected chi connectivity index (χ2v) is 7.50. The molecule has 0 amide bonds. The third kappa shape index (κ3) is 2.55. The number of piperidine rings is 2. The van der Waals surface area contributed by atoms with Gasteiger partial charge in [0.15, 0.2) is 5.11 Å². The monoisotopic (exact) mass is 331 g/mol. The van der Waals surface area contributed by atoms with Gasteiger partial charge in [-0.15, -0.1) is 0 Å². The summed E-state index contributed by atoms with van der Waals surface area (Å²) >= 11 is 5.23. The fourth-order valence-corrected chi connectivity index (χ4v) is 4.85. The minimum atomic E-state index is 0.0555. The highest BCUT2D eigenvalue weighted by molar-refractivity contribution is 7.80. The first kappa shape index (κ1) is 15.1. The van der Waals surface area contributed by atoms with Crippen molar-refractivity contribution in [3.8, 4) is 0 Å². The molecule has 4 aliphatic rings. The standard InChI is InChI=1S/C17H23N5S/c1-18-16(23)20-19-15-13-9-21-7-8-22(10-13)12-17(15,11-21)14-5-3-2-4-6-14/h2-6,13H,7-12H2,1H3,(H2,18,20,23)/p+2/b19-15-. The highest BCUT2D eigenvalue weighted by Gasteiger charge is 2.58. The lowest BCUT2D eigenvalue weighted by atomic mass is 9.66. The van der Waals surface area contributed by atoms with E-state index in [-0.39, 0.29) is 5.41 Å². The highest BCUT2D eigenvalue weighted by Crippen LogP contribution is 2.31. The zero-order valence-corrected chi connectivity index (χ0v) is 14.4. The number of nitrogens with one attached hydrogen (secondary N) is 4. The van der Waals surface area contributed by atoms with Gasteiger partial charge in [0.25, 0.3) is 0 Å². The first-order valence-electron chi connectivity index (χ1n) is 8.50. The van der Waals surface area contributed by atoms with Crippen LogP contribution in [0.15, 0.2) is 35.4 Å². The second kappa shape index (κ2) is 5.85. The molecule has 5 rings (SSSR count). The van der Waals surface area contributed by atoms with E-state index in [1.807, 2.05) is 7.05 Å². The number of nitrogens with zero attached hydrogens (tertiary/aromatic N) is 1. The lowest BCUT2D eigenvalue weighted by Gasteiger charge is -2.46. The van der Waals surface area contributed by atoms with Crippen molar-refractivity contribution in [3.05, 3.63) is 35.9 Å². The van der Waals surface area contributed by atoms with Gasteiger partial charge in [-0.3, -0.25) is 5.43 Å². The minimum absolute atomic E-state index is 0.0555. The van der Waals surface area contributed by atoms with Crippen molar-refractivity contribution in [2.24, 2.45) is 11.0 Å². The van der Waals surface area contributed by atoms with E-state index in [9.17, 15) is 0 Å². The maximum atomic E-state index is 5.23. The van der Waals surface area contributed by atoms with Gasteiger partial charge < -0.3 is 15.1 Å². The average Bonchev–Trinajstić information content (AvgIpc) is 2.83. The van der Waals surface area contributed by atoms with Crippen LogP contribution in [0.3, 0.4) is 0 Å². The third-order valence-electron chi connectivity index (χ3n) is 5.71. The van der Waals surface area contributed by atoms with Gasteiger partial charge in [-0.1, -0.05) is 30.3 Å². The molecular formula is C17H25N5S+2. The van der Waals surface area contributed by atoms with Crippen molar-refractivity contribution in [2.75, 3.05) is 46.3 Å². The molecule has 0 aromatic heterocycles. The van der Waals surface area contributed by atoms with Gasteiger partial charge in [0.1, 0.15) is 18.5 Å². The number of hydrogen-bond donors (Lipinski definition) is 4. The predicted molar refractivity (Wildman–Crippen MR) is 95.0 cm³/mol. The van der Waals surface area contributed by atoms with Crippen molar-refractivity contribution >= 4 is 23.0 Å². The van der Waals surface area contributed by atoms with E-state index < -0.39 is 0 Å². The van der Waals surface area contributed by atoms with Gasteiger partial charge in [-0.2, -0.15) is 5.10 Å². The molecule has 4 saturated heterocycles. The Bertz CT molecular complexity index is 613. The number of benzene rings is 1. The lowest BCUT2D eigenvalue weighted by molar-refractivity contribution is -0.918. The summed E-state index contributed by atoms with van der Waals surface area (Å²) in [6.07, 6.45) is 0. The zero-order chi connectivity index (χ0) is 15.9. The van der Waals surface area contributed by atoms with Gasteiger partial charge in [0, 0.05) is 7.05 Å². The van der Waals surface area contributed by atoms with Crippen LogP contribution in [0.4, 0.5) is 0 Å². The Hall–Kier alpha value is -1.50. The summed E-state index contributed by atoms with van der Waals surface area (Å²) in [5.41, 5.74) is 5.85. The first-order valence-corrected chi connectivity index (χ1v) is 8.90. The van der Waals surface area contributed by atoms with Crippen LogP contribution in [0.2, 0.25) is 0 Å². The Balaban J connectivity index is 1.78. The Morgan fingerprint density at radius 1 is 1.17 bits per heavy atom. The SMILES string of the molecule is CNC(=S)N/N=C1/C2C[NH+]3CC[NH+](C2)CC1(c1ccccc1)C3. The summed E-state index contributed by atoms with van der Waals surface area (Å²) in [6.45, 7) is 7.32. The molecule has 4 N–H and O–H groups in total. The van der Waals surface area contributed by atoms with Crippen LogP contribution in [0.25, 0.3) is 0 Å². The molecule has 0 saturated carbocycles. The molecule has 2 atom stereocenters. The molecule has 0 spiro atoms. The Labute approximate surface area is 142 Å². The van der Waals surface area contributed by atoms with Gasteiger partial charge in [0.05, 0.1) is 37.8 Å². The Morgan fingerprint density at radius 3 is 2.43 bits per heavy atom. The highest BCUT2D eigenvalue weighted by atomic mass is 32.1. The second-order valence-electron chi connectivity index (χ2n) is 7.09. The molecule has 4 aliphatic heterocycles. The first-order chi connectivity index (χ1) is 11.2. The number of quaternary nitrogens is 2. The van der Waals surface area contributed by atoms with Crippen LogP contribution < -0.4 is 20.5 Å². The number of fused-ring (bicyclic) bond motifs is 1. The number of rotatable bonds is 2. The Kier molecular flexibility index (Phi) is 3.83. The van der Waals surface area contributed by atoms with Gasteiger partial charge in [-0.25, -0.2) is 0 Å². The fraction of sp³-hybridized carbons (Fsp3) is 0.529. The van der Waals surface area contributed by atoms with Crippen molar-refractivity contribution in [1.29, 1.82) is 0 Å². The number of hydrazone groups is 1. The summed E-state index contributed by atoms with van der Waals surface area (Å²) in [5, 5.41) is 8.37. The van der Waals surface area contributed by atoms with E-state index >= 15 is 0 Å². The molecule has 0 aliphatic carbocycles. The van der Waals surface area contributed by atoms with Gasteiger partial charge in [0.2, 0.25) is 0 Å². The van der Waals surface area contributed by atoms with Crippen molar-refractivity contribution in [1.82, 2.24) is 10.7 Å². The molecule has 4 fully saturated rings. The molecule has 6 heteroatoms. The normalized spacial score (nSPS) is 36.7. The summed E-state index contributed by atoms with van der Waals surface area (Å²) in [7, 11) is 1.83. The van der Waals surface area contributed by atoms with Crippen LogP contribution in [-0.4, -0.2) is 57.1 Å². The molecule has 2 unspecified atom stereocenters. The summed E-state index contributed by atoms with van der Waals surface area (Å²) < 4.78 is 0. The van der Waals surface area contributed by atoms with E-state index in [2.05, 4.69) is 41.1 Å². The number of hydrogen-bond acceptors (Lipinski definition) is 2. The molecule has 5 nitrogen and oxygen atoms in total. The summed E-state index contributed by atoms with van der Waals surface area (Å²) in [4.78, 5) is 3.47. The van der Waals surface area contributed by atoms with E-state index in [1.165, 1.54) is 37.5 Å². The van der Waals surface area contributed by atoms with E-state index in [4.69, 9.17) is 17.3 Å². The van der Waals surface area contributed by atoms with Gasteiger partial charge >= 0.3 is 0 Å². The quantitative estimate of drug-likeness (QED) is 0.368. The summed E-state index contributed by atoms with van der Waals surface area (Å²) in [5.74, 6) is 0.553. The molecular weight excluding hydrogens is 306 g/mol. The fourth-order valence-electron chi connectivity index (χ4n) is 4.80. The van der Waals surface area contributed by atoms with Crippen molar-refractivity contribution in [2.45, 2.75) is 5.41 Å². The topological polar surface area (TPSA) is 45.3 Å². The third-order valence-corrected chi connectivity index (χ3v) is 6.01. The maximum absolute atomic E-state index is 5.23. The van der Waals surface area contributed by atoms with Crippen molar-refractivity contribution < 1.29 is 9.80 Å². The predicted octanol–water partition coefficient (Wildman–Crippen LogP) is -2.20. The maximum Gasteiger partial charge on any atom is 0.186 e. The molecule has 23 heavy (non-hydrogen) atoms. The largest absolute Gasteiger partial charge is 0.364 e. The van der Waals surface area contributed by atoms with E-state index in [1.54, 1.807) is 9.80 Å². The molecule has 4 bridgehead atoms. The lowest BCUT2D eigenvalue weighted by Crippen LogP contribution is -3.17. The summed E-state index contributed by atoms with van der Waals surface area (Å²) in [6, 6.07) is 11.0.